The van der Waals surface area contributed by atoms with Crippen LogP contribution in [-0.2, 0) is 11.2 Å². The van der Waals surface area contributed by atoms with E-state index in [0.29, 0.717) is 28.7 Å². The van der Waals surface area contributed by atoms with Gasteiger partial charge in [0.2, 0.25) is 0 Å². The van der Waals surface area contributed by atoms with Gasteiger partial charge in [0, 0.05) is 17.7 Å². The number of aromatic amines is 2. The number of rotatable bonds is 5. The molecule has 0 bridgehead atoms. The Kier molecular flexibility index (Phi) is 5.18. The fourth-order valence-corrected chi connectivity index (χ4v) is 3.97. The maximum atomic E-state index is 12.8. The minimum absolute atomic E-state index is 0.258. The molecule has 2 atom stereocenters. The first-order chi connectivity index (χ1) is 16.0. The summed E-state index contributed by atoms with van der Waals surface area (Å²) in [4.78, 5) is 42.4. The number of imidazole rings is 1. The summed E-state index contributed by atoms with van der Waals surface area (Å²) < 4.78 is 5.74. The van der Waals surface area contributed by atoms with Gasteiger partial charge >= 0.3 is 5.69 Å². The predicted octanol–water partition coefficient (Wildman–Crippen LogP) is 3.29. The molecule has 1 aliphatic rings. The molecule has 8 heteroatoms. The van der Waals surface area contributed by atoms with E-state index in [1.807, 2.05) is 43.3 Å². The Labute approximate surface area is 189 Å². The molecule has 166 valence electrons. The highest BCUT2D eigenvalue weighted by Crippen LogP contribution is 2.28. The Morgan fingerprint density at radius 2 is 1.82 bits per heavy atom. The molecular formula is C25H22N4O4. The van der Waals surface area contributed by atoms with Gasteiger partial charge in [0.05, 0.1) is 17.1 Å². The van der Waals surface area contributed by atoms with Crippen molar-refractivity contribution in [3.05, 3.63) is 93.9 Å². The van der Waals surface area contributed by atoms with Gasteiger partial charge in [-0.2, -0.15) is 0 Å². The number of para-hydroxylation sites is 1. The van der Waals surface area contributed by atoms with Gasteiger partial charge in [0.15, 0.2) is 6.10 Å². The number of carbonyl (C=O) groups is 2. The van der Waals surface area contributed by atoms with Crippen molar-refractivity contribution in [2.24, 2.45) is 0 Å². The number of hydrogen-bond acceptors (Lipinski definition) is 4. The molecular weight excluding hydrogens is 420 g/mol. The van der Waals surface area contributed by atoms with Gasteiger partial charge in [-0.3, -0.25) is 9.59 Å². The maximum absolute atomic E-state index is 12.8. The lowest BCUT2D eigenvalue weighted by Crippen LogP contribution is -2.31. The van der Waals surface area contributed by atoms with Gasteiger partial charge in [0.25, 0.3) is 11.8 Å². The fourth-order valence-electron chi connectivity index (χ4n) is 3.97. The van der Waals surface area contributed by atoms with Gasteiger partial charge in [-0.1, -0.05) is 30.3 Å². The van der Waals surface area contributed by atoms with Crippen molar-refractivity contribution >= 4 is 28.5 Å². The Bertz CT molecular complexity index is 1400. The normalized spacial score (nSPS) is 15.5. The number of benzene rings is 3. The van der Waals surface area contributed by atoms with E-state index >= 15 is 0 Å². The van der Waals surface area contributed by atoms with E-state index < -0.39 is 6.10 Å². The summed E-state index contributed by atoms with van der Waals surface area (Å²) in [6, 6.07) is 19.5. The number of nitrogens with one attached hydrogen (secondary N) is 4. The molecule has 0 aliphatic carbocycles. The minimum atomic E-state index is -0.602. The summed E-state index contributed by atoms with van der Waals surface area (Å²) in [6.07, 6.45) is -0.0918. The topological polar surface area (TPSA) is 116 Å². The molecule has 0 saturated carbocycles. The lowest BCUT2D eigenvalue weighted by Gasteiger charge is -2.15. The van der Waals surface area contributed by atoms with E-state index in [9.17, 15) is 14.4 Å². The summed E-state index contributed by atoms with van der Waals surface area (Å²) in [5, 5.41) is 5.79. The lowest BCUT2D eigenvalue weighted by atomic mass is 10.1. The summed E-state index contributed by atoms with van der Waals surface area (Å²) in [5.41, 5.74) is 3.91. The molecule has 2 unspecified atom stereocenters. The van der Waals surface area contributed by atoms with Gasteiger partial charge in [-0.15, -0.1) is 0 Å². The third kappa shape index (κ3) is 4.23. The summed E-state index contributed by atoms with van der Waals surface area (Å²) in [7, 11) is 0. The molecule has 3 aromatic carbocycles. The number of fused-ring (bicyclic) bond motifs is 2. The van der Waals surface area contributed by atoms with E-state index in [1.54, 1.807) is 30.3 Å². The van der Waals surface area contributed by atoms with E-state index in [0.717, 1.165) is 16.9 Å². The predicted molar refractivity (Wildman–Crippen MR) is 124 cm³/mol. The number of hydrogen-bond donors (Lipinski definition) is 4. The molecule has 0 radical (unpaired) electrons. The first-order valence-electron chi connectivity index (χ1n) is 10.6. The van der Waals surface area contributed by atoms with Crippen LogP contribution in [0, 0.1) is 0 Å². The highest BCUT2D eigenvalue weighted by molar-refractivity contribution is 5.98. The molecule has 2 amide bonds. The summed E-state index contributed by atoms with van der Waals surface area (Å²) >= 11 is 0. The lowest BCUT2D eigenvalue weighted by molar-refractivity contribution is -0.122. The smallest absolute Gasteiger partial charge is 0.323 e. The van der Waals surface area contributed by atoms with Crippen LogP contribution in [0.3, 0.4) is 0 Å². The van der Waals surface area contributed by atoms with Crippen LogP contribution in [0.1, 0.15) is 34.5 Å². The largest absolute Gasteiger partial charge is 0.480 e. The van der Waals surface area contributed by atoms with Crippen LogP contribution in [0.2, 0.25) is 0 Å². The molecule has 4 aromatic rings. The number of H-pyrrole nitrogens is 2. The number of carbonyl (C=O) groups excluding carboxylic acids is 2. The third-order valence-electron chi connectivity index (χ3n) is 5.72. The Balaban J connectivity index is 1.25. The van der Waals surface area contributed by atoms with Crippen molar-refractivity contribution in [1.82, 2.24) is 15.3 Å². The zero-order valence-electron chi connectivity index (χ0n) is 17.8. The van der Waals surface area contributed by atoms with Gasteiger partial charge in [0.1, 0.15) is 5.75 Å². The van der Waals surface area contributed by atoms with Crippen LogP contribution in [0.15, 0.2) is 71.5 Å². The Morgan fingerprint density at radius 1 is 1.00 bits per heavy atom. The Hall–Kier alpha value is -4.33. The van der Waals surface area contributed by atoms with Gasteiger partial charge < -0.3 is 25.3 Å². The summed E-state index contributed by atoms with van der Waals surface area (Å²) in [6.45, 7) is 1.87. The molecule has 0 saturated heterocycles. The third-order valence-corrected chi connectivity index (χ3v) is 5.72. The molecule has 0 fully saturated rings. The molecule has 4 N–H and O–H groups in total. The molecule has 0 spiro atoms. The molecule has 5 rings (SSSR count). The average molecular weight is 442 g/mol. The van der Waals surface area contributed by atoms with Crippen LogP contribution < -0.4 is 21.1 Å². The van der Waals surface area contributed by atoms with Crippen molar-refractivity contribution in [3.63, 3.8) is 0 Å². The van der Waals surface area contributed by atoms with E-state index in [4.69, 9.17) is 4.74 Å². The van der Waals surface area contributed by atoms with E-state index in [2.05, 4.69) is 20.6 Å². The standard InChI is InChI=1S/C25H22N4O4/c1-14(15-9-10-19-20(12-15)29-25(32)28-19)26-23(30)17-6-4-7-18(11-17)27-24(31)22-13-16-5-2-3-8-21(16)33-22/h2-12,14,22H,13H2,1H3,(H,26,30)(H,27,31)(H2,28,29,32). The van der Waals surface area contributed by atoms with Crippen molar-refractivity contribution < 1.29 is 14.3 Å². The first kappa shape index (κ1) is 20.6. The van der Waals surface area contributed by atoms with Crippen molar-refractivity contribution in [2.45, 2.75) is 25.5 Å². The SMILES string of the molecule is CC(NC(=O)c1cccc(NC(=O)C2Cc3ccccc3O2)c1)c1ccc2[nH]c(=O)[nH]c2c1. The minimum Gasteiger partial charge on any atom is -0.480 e. The number of amides is 2. The molecule has 2 heterocycles. The van der Waals surface area contributed by atoms with E-state index in [-0.39, 0.29) is 23.5 Å². The van der Waals surface area contributed by atoms with Gasteiger partial charge in [-0.05, 0) is 54.4 Å². The highest BCUT2D eigenvalue weighted by Gasteiger charge is 2.28. The van der Waals surface area contributed by atoms with Crippen LogP contribution in [0.25, 0.3) is 11.0 Å². The number of ether oxygens (including phenoxy) is 1. The number of anilines is 1. The fraction of sp³-hybridized carbons (Fsp3) is 0.160. The molecule has 1 aromatic heterocycles. The molecule has 33 heavy (non-hydrogen) atoms. The zero-order valence-corrected chi connectivity index (χ0v) is 17.8. The van der Waals surface area contributed by atoms with Crippen molar-refractivity contribution in [2.75, 3.05) is 5.32 Å². The molecule has 1 aliphatic heterocycles. The van der Waals surface area contributed by atoms with Crippen LogP contribution >= 0.6 is 0 Å². The second-order valence-corrected chi connectivity index (χ2v) is 8.07. The second-order valence-electron chi connectivity index (χ2n) is 8.07. The first-order valence-corrected chi connectivity index (χ1v) is 10.6. The Morgan fingerprint density at radius 3 is 2.67 bits per heavy atom. The maximum Gasteiger partial charge on any atom is 0.323 e. The van der Waals surface area contributed by atoms with Crippen LogP contribution in [0.5, 0.6) is 5.75 Å². The summed E-state index contributed by atoms with van der Waals surface area (Å²) in [5.74, 6) is 0.193. The van der Waals surface area contributed by atoms with Gasteiger partial charge in [-0.25, -0.2) is 4.79 Å². The monoisotopic (exact) mass is 442 g/mol. The van der Waals surface area contributed by atoms with Crippen molar-refractivity contribution in [3.8, 4) is 5.75 Å². The van der Waals surface area contributed by atoms with E-state index in [1.165, 1.54) is 0 Å². The second kappa shape index (κ2) is 8.31. The zero-order chi connectivity index (χ0) is 22.9. The number of aromatic nitrogens is 2. The van der Waals surface area contributed by atoms with Crippen LogP contribution in [0.4, 0.5) is 5.69 Å². The van der Waals surface area contributed by atoms with Crippen molar-refractivity contribution in [1.29, 1.82) is 0 Å². The molecule has 8 nitrogen and oxygen atoms in total. The highest BCUT2D eigenvalue weighted by atomic mass is 16.5. The quantitative estimate of drug-likeness (QED) is 0.380. The average Bonchev–Trinajstić information content (AvgIpc) is 3.41. The van der Waals surface area contributed by atoms with Crippen LogP contribution in [-0.4, -0.2) is 27.9 Å².